The lowest BCUT2D eigenvalue weighted by Gasteiger charge is -2.21. The zero-order valence-corrected chi connectivity index (χ0v) is 17.9. The summed E-state index contributed by atoms with van der Waals surface area (Å²) in [5, 5.41) is 3.23. The molecule has 3 aromatic carbocycles. The Bertz CT molecular complexity index is 1150. The van der Waals surface area contributed by atoms with Crippen LogP contribution >= 0.6 is 0 Å². The second-order valence-electron chi connectivity index (χ2n) is 7.37. The molecule has 1 N–H and O–H groups in total. The van der Waals surface area contributed by atoms with E-state index in [0.29, 0.717) is 6.61 Å². The van der Waals surface area contributed by atoms with Gasteiger partial charge in [0.25, 0.3) is 0 Å². The molecule has 158 valence electrons. The highest BCUT2D eigenvalue weighted by molar-refractivity contribution is 5.81. The van der Waals surface area contributed by atoms with Crippen LogP contribution in [-0.4, -0.2) is 22.1 Å². The first-order chi connectivity index (χ1) is 15.2. The van der Waals surface area contributed by atoms with Crippen molar-refractivity contribution in [2.45, 2.75) is 32.9 Å². The number of fused-ring (bicyclic) bond motifs is 1. The summed E-state index contributed by atoms with van der Waals surface area (Å²) in [6.07, 6.45) is 0.767. The molecule has 0 aliphatic rings. The molecule has 31 heavy (non-hydrogen) atoms. The normalized spacial score (nSPS) is 11.9. The third-order valence-electron chi connectivity index (χ3n) is 5.31. The van der Waals surface area contributed by atoms with Crippen molar-refractivity contribution < 1.29 is 9.53 Å². The lowest BCUT2D eigenvalue weighted by atomic mass is 9.98. The van der Waals surface area contributed by atoms with Gasteiger partial charge < -0.3 is 14.6 Å². The molecule has 4 rings (SSSR count). The maximum absolute atomic E-state index is 13.2. The number of rotatable bonds is 8. The Hall–Kier alpha value is -3.60. The highest BCUT2D eigenvalue weighted by Gasteiger charge is 2.19. The molecule has 0 radical (unpaired) electrons. The van der Waals surface area contributed by atoms with Crippen LogP contribution in [0.5, 0.6) is 5.75 Å². The summed E-state index contributed by atoms with van der Waals surface area (Å²) in [5.41, 5.74) is 3.94. The van der Waals surface area contributed by atoms with Gasteiger partial charge in [-0.2, -0.15) is 0 Å². The van der Waals surface area contributed by atoms with E-state index in [4.69, 9.17) is 4.74 Å². The quantitative estimate of drug-likeness (QED) is 0.447. The minimum absolute atomic E-state index is 0.0550. The molecule has 0 aliphatic carbocycles. The molecular weight excluding hydrogens is 386 g/mol. The van der Waals surface area contributed by atoms with Crippen LogP contribution < -0.4 is 10.1 Å². The fourth-order valence-electron chi connectivity index (χ4n) is 3.85. The van der Waals surface area contributed by atoms with Crippen LogP contribution in [0.3, 0.4) is 0 Å². The number of carbonyl (C=O) groups excluding carboxylic acids is 1. The summed E-state index contributed by atoms with van der Waals surface area (Å²) in [5.74, 6) is 1.68. The number of ether oxygens (including phenoxy) is 1. The number of amides is 1. The number of benzene rings is 3. The number of aromatic nitrogens is 2. The molecule has 5 nitrogen and oxygen atoms in total. The number of carbonyl (C=O) groups is 1. The monoisotopic (exact) mass is 413 g/mol. The van der Waals surface area contributed by atoms with Crippen molar-refractivity contribution in [3.8, 4) is 5.75 Å². The third kappa shape index (κ3) is 4.61. The number of hydrogen-bond donors (Lipinski definition) is 1. The highest BCUT2D eigenvalue weighted by atomic mass is 16.5. The average Bonchev–Trinajstić information content (AvgIpc) is 3.16. The van der Waals surface area contributed by atoms with Crippen molar-refractivity contribution in [3.05, 3.63) is 95.8 Å². The van der Waals surface area contributed by atoms with E-state index >= 15 is 0 Å². The minimum Gasteiger partial charge on any atom is -0.494 e. The smallest absolute Gasteiger partial charge is 0.240 e. The van der Waals surface area contributed by atoms with Gasteiger partial charge in [0.1, 0.15) is 18.1 Å². The first-order valence-electron chi connectivity index (χ1n) is 10.7. The number of nitrogens with one attached hydrogen (secondary N) is 1. The SMILES string of the molecule is CCOc1ccc(C(NC(=O)Cn2c(CC)nc3ccccc32)c2ccccc2)cc1. The van der Waals surface area contributed by atoms with Crippen molar-refractivity contribution >= 4 is 16.9 Å². The van der Waals surface area contributed by atoms with Crippen molar-refractivity contribution in [1.29, 1.82) is 0 Å². The maximum atomic E-state index is 13.2. The molecule has 0 spiro atoms. The molecule has 0 saturated carbocycles. The molecule has 0 aliphatic heterocycles. The van der Waals surface area contributed by atoms with E-state index < -0.39 is 0 Å². The van der Waals surface area contributed by atoms with Gasteiger partial charge in [-0.05, 0) is 42.3 Å². The Morgan fingerprint density at radius 3 is 2.32 bits per heavy atom. The predicted molar refractivity (Wildman–Crippen MR) is 123 cm³/mol. The van der Waals surface area contributed by atoms with Crippen molar-refractivity contribution in [3.63, 3.8) is 0 Å². The van der Waals surface area contributed by atoms with E-state index in [2.05, 4.69) is 17.2 Å². The van der Waals surface area contributed by atoms with E-state index in [-0.39, 0.29) is 18.5 Å². The van der Waals surface area contributed by atoms with Crippen molar-refractivity contribution in [2.24, 2.45) is 0 Å². The minimum atomic E-state index is -0.246. The van der Waals surface area contributed by atoms with Gasteiger partial charge in [-0.15, -0.1) is 0 Å². The standard InChI is InChI=1S/C26H27N3O2/c1-3-24-27-22-12-8-9-13-23(22)29(24)18-25(30)28-26(19-10-6-5-7-11-19)20-14-16-21(17-15-20)31-4-2/h5-17,26H,3-4,18H2,1-2H3,(H,28,30). The molecule has 4 aromatic rings. The lowest BCUT2D eigenvalue weighted by Crippen LogP contribution is -2.32. The zero-order valence-electron chi connectivity index (χ0n) is 17.9. The summed E-state index contributed by atoms with van der Waals surface area (Å²) < 4.78 is 7.57. The number of aryl methyl sites for hydroxylation is 1. The number of para-hydroxylation sites is 2. The fraction of sp³-hybridized carbons (Fsp3) is 0.231. The van der Waals surface area contributed by atoms with Gasteiger partial charge >= 0.3 is 0 Å². The van der Waals surface area contributed by atoms with Crippen LogP contribution in [0.4, 0.5) is 0 Å². The molecule has 0 fully saturated rings. The third-order valence-corrected chi connectivity index (χ3v) is 5.31. The predicted octanol–water partition coefficient (Wildman–Crippen LogP) is 4.90. The molecular formula is C26H27N3O2. The van der Waals surface area contributed by atoms with Crippen molar-refractivity contribution in [1.82, 2.24) is 14.9 Å². The summed E-state index contributed by atoms with van der Waals surface area (Å²) in [7, 11) is 0. The number of hydrogen-bond acceptors (Lipinski definition) is 3. The fourth-order valence-corrected chi connectivity index (χ4v) is 3.85. The Morgan fingerprint density at radius 1 is 0.935 bits per heavy atom. The molecule has 5 heteroatoms. The van der Waals surface area contributed by atoms with Crippen LogP contribution in [-0.2, 0) is 17.8 Å². The summed E-state index contributed by atoms with van der Waals surface area (Å²) in [6, 6.07) is 25.6. The van der Waals surface area contributed by atoms with Crippen LogP contribution in [0.15, 0.2) is 78.9 Å². The number of imidazole rings is 1. The molecule has 1 aromatic heterocycles. The van der Waals surface area contributed by atoms with Gasteiger partial charge in [0.05, 0.1) is 23.7 Å². The zero-order chi connectivity index (χ0) is 21.6. The van der Waals surface area contributed by atoms with E-state index in [0.717, 1.165) is 40.2 Å². The van der Waals surface area contributed by atoms with E-state index in [1.807, 2.05) is 90.4 Å². The largest absolute Gasteiger partial charge is 0.494 e. The molecule has 1 heterocycles. The molecule has 1 amide bonds. The first kappa shape index (κ1) is 20.7. The average molecular weight is 414 g/mol. The Morgan fingerprint density at radius 2 is 1.61 bits per heavy atom. The van der Waals surface area contributed by atoms with E-state index in [1.165, 1.54) is 0 Å². The molecule has 1 unspecified atom stereocenters. The highest BCUT2D eigenvalue weighted by Crippen LogP contribution is 2.25. The van der Waals surface area contributed by atoms with Crippen LogP contribution in [0.2, 0.25) is 0 Å². The Labute approximate surface area is 182 Å². The Balaban J connectivity index is 1.61. The molecule has 0 bridgehead atoms. The van der Waals surface area contributed by atoms with Crippen LogP contribution in [0, 0.1) is 0 Å². The second-order valence-corrected chi connectivity index (χ2v) is 7.37. The van der Waals surface area contributed by atoms with Gasteiger partial charge in [0, 0.05) is 6.42 Å². The van der Waals surface area contributed by atoms with E-state index in [1.54, 1.807) is 0 Å². The van der Waals surface area contributed by atoms with Gasteiger partial charge in [-0.25, -0.2) is 4.98 Å². The first-order valence-corrected chi connectivity index (χ1v) is 10.7. The van der Waals surface area contributed by atoms with Crippen LogP contribution in [0.25, 0.3) is 11.0 Å². The Kier molecular flexibility index (Phi) is 6.32. The lowest BCUT2D eigenvalue weighted by molar-refractivity contribution is -0.122. The summed E-state index contributed by atoms with van der Waals surface area (Å²) in [6.45, 7) is 4.87. The molecule has 1 atom stereocenters. The van der Waals surface area contributed by atoms with Gasteiger partial charge in [-0.1, -0.05) is 61.5 Å². The van der Waals surface area contributed by atoms with Gasteiger partial charge in [-0.3, -0.25) is 4.79 Å². The summed E-state index contributed by atoms with van der Waals surface area (Å²) >= 11 is 0. The maximum Gasteiger partial charge on any atom is 0.240 e. The topological polar surface area (TPSA) is 56.1 Å². The summed E-state index contributed by atoms with van der Waals surface area (Å²) in [4.78, 5) is 17.8. The van der Waals surface area contributed by atoms with Crippen molar-refractivity contribution in [2.75, 3.05) is 6.61 Å². The van der Waals surface area contributed by atoms with E-state index in [9.17, 15) is 4.79 Å². The van der Waals surface area contributed by atoms with Crippen LogP contribution in [0.1, 0.15) is 36.8 Å². The number of nitrogens with zero attached hydrogens (tertiary/aromatic N) is 2. The second kappa shape index (κ2) is 9.47. The molecule has 0 saturated heterocycles. The van der Waals surface area contributed by atoms with Gasteiger partial charge in [0.2, 0.25) is 5.91 Å². The van der Waals surface area contributed by atoms with Gasteiger partial charge in [0.15, 0.2) is 0 Å².